The summed E-state index contributed by atoms with van der Waals surface area (Å²) in [4.78, 5) is 11.9. The van der Waals surface area contributed by atoms with Crippen LogP contribution in [0.15, 0.2) is 0 Å². The standard InChI is InChI=1S/C11H18N2O.ClH/c1-10(2-3-10)13-9(14)8-6-11(8)4-5-12-7-11;/h8,12H,2-7H2,1H3,(H,13,14);1H. The molecule has 3 rings (SSSR count). The third-order valence-corrected chi connectivity index (χ3v) is 4.21. The second-order valence-corrected chi connectivity index (χ2v) is 5.60. The molecule has 2 N–H and O–H groups in total. The van der Waals surface area contributed by atoms with Gasteiger partial charge in [-0.25, -0.2) is 0 Å². The van der Waals surface area contributed by atoms with Crippen LogP contribution in [0.1, 0.15) is 32.6 Å². The minimum atomic E-state index is 0. The molecule has 3 nitrogen and oxygen atoms in total. The van der Waals surface area contributed by atoms with Crippen LogP contribution in [0.4, 0.5) is 0 Å². The third-order valence-electron chi connectivity index (χ3n) is 4.21. The summed E-state index contributed by atoms with van der Waals surface area (Å²) in [5, 5.41) is 6.53. The van der Waals surface area contributed by atoms with Gasteiger partial charge in [-0.2, -0.15) is 0 Å². The van der Waals surface area contributed by atoms with Gasteiger partial charge in [0.1, 0.15) is 0 Å². The van der Waals surface area contributed by atoms with Crippen LogP contribution >= 0.6 is 12.4 Å². The topological polar surface area (TPSA) is 41.1 Å². The summed E-state index contributed by atoms with van der Waals surface area (Å²) in [7, 11) is 0. The highest BCUT2D eigenvalue weighted by molar-refractivity contribution is 5.85. The fourth-order valence-electron chi connectivity index (χ4n) is 2.65. The minimum absolute atomic E-state index is 0. The van der Waals surface area contributed by atoms with E-state index in [1.165, 1.54) is 6.42 Å². The summed E-state index contributed by atoms with van der Waals surface area (Å²) in [6.07, 6.45) is 4.64. The van der Waals surface area contributed by atoms with Gasteiger partial charge in [-0.05, 0) is 44.6 Å². The molecule has 2 aliphatic carbocycles. The Morgan fingerprint density at radius 2 is 2.13 bits per heavy atom. The molecule has 1 heterocycles. The van der Waals surface area contributed by atoms with E-state index >= 15 is 0 Å². The molecule has 0 aromatic carbocycles. The lowest BCUT2D eigenvalue weighted by molar-refractivity contribution is -0.123. The molecule has 0 bridgehead atoms. The van der Waals surface area contributed by atoms with Crippen molar-refractivity contribution < 1.29 is 4.79 Å². The molecule has 2 unspecified atom stereocenters. The van der Waals surface area contributed by atoms with Crippen molar-refractivity contribution >= 4 is 18.3 Å². The first kappa shape index (κ1) is 11.2. The summed E-state index contributed by atoms with van der Waals surface area (Å²) in [5.41, 5.74) is 0.516. The first-order chi connectivity index (χ1) is 6.64. The van der Waals surface area contributed by atoms with E-state index in [1.54, 1.807) is 0 Å². The number of carbonyl (C=O) groups is 1. The Morgan fingerprint density at radius 1 is 1.40 bits per heavy atom. The van der Waals surface area contributed by atoms with Gasteiger partial charge in [0.15, 0.2) is 0 Å². The van der Waals surface area contributed by atoms with Crippen molar-refractivity contribution in [2.45, 2.75) is 38.1 Å². The largest absolute Gasteiger partial charge is 0.351 e. The molecule has 0 radical (unpaired) electrons. The van der Waals surface area contributed by atoms with E-state index < -0.39 is 0 Å². The number of amides is 1. The summed E-state index contributed by atoms with van der Waals surface area (Å²) < 4.78 is 0. The van der Waals surface area contributed by atoms with E-state index in [9.17, 15) is 4.79 Å². The van der Waals surface area contributed by atoms with Crippen molar-refractivity contribution in [1.82, 2.24) is 10.6 Å². The Hall–Kier alpha value is -0.280. The van der Waals surface area contributed by atoms with Crippen LogP contribution in [0, 0.1) is 11.3 Å². The Kier molecular flexibility index (Phi) is 2.51. The number of carbonyl (C=O) groups excluding carboxylic acids is 1. The van der Waals surface area contributed by atoms with Gasteiger partial charge in [0.25, 0.3) is 0 Å². The molecule has 2 atom stereocenters. The zero-order valence-electron chi connectivity index (χ0n) is 9.14. The van der Waals surface area contributed by atoms with Gasteiger partial charge >= 0.3 is 0 Å². The van der Waals surface area contributed by atoms with Crippen molar-refractivity contribution in [2.24, 2.45) is 11.3 Å². The Balaban J connectivity index is 0.000000853. The van der Waals surface area contributed by atoms with E-state index in [0.717, 1.165) is 32.4 Å². The molecule has 0 aromatic rings. The monoisotopic (exact) mass is 230 g/mol. The highest BCUT2D eigenvalue weighted by Crippen LogP contribution is 2.57. The number of hydrogen-bond acceptors (Lipinski definition) is 2. The number of rotatable bonds is 2. The molecule has 86 valence electrons. The molecule has 1 saturated heterocycles. The molecule has 1 spiro atoms. The maximum absolute atomic E-state index is 11.9. The first-order valence-corrected chi connectivity index (χ1v) is 5.66. The van der Waals surface area contributed by atoms with Crippen LogP contribution in [0.25, 0.3) is 0 Å². The van der Waals surface area contributed by atoms with E-state index in [1.807, 2.05) is 0 Å². The average molecular weight is 231 g/mol. The number of nitrogens with one attached hydrogen (secondary N) is 2. The molecule has 1 aliphatic heterocycles. The predicted octanol–water partition coefficient (Wildman–Crippen LogP) is 1.08. The maximum atomic E-state index is 11.9. The van der Waals surface area contributed by atoms with Crippen LogP contribution in [0.3, 0.4) is 0 Å². The van der Waals surface area contributed by atoms with Crippen LogP contribution in [0.2, 0.25) is 0 Å². The fraction of sp³-hybridized carbons (Fsp3) is 0.909. The fourth-order valence-corrected chi connectivity index (χ4v) is 2.65. The van der Waals surface area contributed by atoms with Crippen molar-refractivity contribution in [1.29, 1.82) is 0 Å². The maximum Gasteiger partial charge on any atom is 0.224 e. The van der Waals surface area contributed by atoms with Crippen LogP contribution < -0.4 is 10.6 Å². The zero-order chi connectivity index (χ0) is 9.81. The third kappa shape index (κ3) is 1.87. The van der Waals surface area contributed by atoms with Crippen molar-refractivity contribution in [2.75, 3.05) is 13.1 Å². The second-order valence-electron chi connectivity index (χ2n) is 5.60. The lowest BCUT2D eigenvalue weighted by Crippen LogP contribution is -2.36. The number of hydrogen-bond donors (Lipinski definition) is 2. The van der Waals surface area contributed by atoms with Crippen LogP contribution in [0.5, 0.6) is 0 Å². The summed E-state index contributed by atoms with van der Waals surface area (Å²) >= 11 is 0. The van der Waals surface area contributed by atoms with Gasteiger partial charge < -0.3 is 10.6 Å². The van der Waals surface area contributed by atoms with Gasteiger partial charge in [-0.15, -0.1) is 12.4 Å². The van der Waals surface area contributed by atoms with E-state index in [2.05, 4.69) is 17.6 Å². The summed E-state index contributed by atoms with van der Waals surface area (Å²) in [6, 6.07) is 0. The summed E-state index contributed by atoms with van der Waals surface area (Å²) in [5.74, 6) is 0.628. The average Bonchev–Trinajstić information content (AvgIpc) is 2.92. The molecule has 1 amide bonds. The molecular formula is C11H19ClN2O. The molecular weight excluding hydrogens is 212 g/mol. The van der Waals surface area contributed by atoms with Crippen molar-refractivity contribution in [3.05, 3.63) is 0 Å². The van der Waals surface area contributed by atoms with Gasteiger partial charge in [0, 0.05) is 18.0 Å². The first-order valence-electron chi connectivity index (χ1n) is 5.66. The van der Waals surface area contributed by atoms with E-state index in [4.69, 9.17) is 0 Å². The highest BCUT2D eigenvalue weighted by Gasteiger charge is 2.59. The Morgan fingerprint density at radius 3 is 2.67 bits per heavy atom. The second kappa shape index (κ2) is 3.36. The quantitative estimate of drug-likeness (QED) is 0.746. The van der Waals surface area contributed by atoms with Gasteiger partial charge in [-0.3, -0.25) is 4.79 Å². The molecule has 3 fully saturated rings. The Bertz CT molecular complexity index is 282. The van der Waals surface area contributed by atoms with Crippen molar-refractivity contribution in [3.8, 4) is 0 Å². The SMILES string of the molecule is CC1(NC(=O)C2CC23CCNC3)CC1.Cl. The predicted molar refractivity (Wildman–Crippen MR) is 61.1 cm³/mol. The zero-order valence-corrected chi connectivity index (χ0v) is 9.95. The minimum Gasteiger partial charge on any atom is -0.351 e. The molecule has 15 heavy (non-hydrogen) atoms. The van der Waals surface area contributed by atoms with Gasteiger partial charge in [0.05, 0.1) is 0 Å². The molecule has 0 aromatic heterocycles. The molecule has 3 aliphatic rings. The van der Waals surface area contributed by atoms with E-state index in [-0.39, 0.29) is 17.9 Å². The van der Waals surface area contributed by atoms with Crippen molar-refractivity contribution in [3.63, 3.8) is 0 Å². The van der Waals surface area contributed by atoms with Gasteiger partial charge in [-0.1, -0.05) is 0 Å². The van der Waals surface area contributed by atoms with E-state index in [0.29, 0.717) is 17.2 Å². The van der Waals surface area contributed by atoms with Gasteiger partial charge in [0.2, 0.25) is 5.91 Å². The normalized spacial score (nSPS) is 39.7. The summed E-state index contributed by atoms with van der Waals surface area (Å²) in [6.45, 7) is 4.30. The lowest BCUT2D eigenvalue weighted by Gasteiger charge is -2.13. The number of halogens is 1. The highest BCUT2D eigenvalue weighted by atomic mass is 35.5. The molecule has 2 saturated carbocycles. The lowest BCUT2D eigenvalue weighted by atomic mass is 10.0. The molecule has 4 heteroatoms. The van der Waals surface area contributed by atoms with Crippen LogP contribution in [-0.2, 0) is 4.79 Å². The Labute approximate surface area is 96.8 Å². The van der Waals surface area contributed by atoms with Crippen LogP contribution in [-0.4, -0.2) is 24.5 Å². The smallest absolute Gasteiger partial charge is 0.224 e.